The maximum absolute atomic E-state index is 13.5. The van der Waals surface area contributed by atoms with E-state index in [2.05, 4.69) is 123 Å². The Kier molecular flexibility index (Phi) is 56.0. The molecule has 1 amide bonds. The molecule has 0 fully saturated rings. The van der Waals surface area contributed by atoms with Crippen LogP contribution in [-0.4, -0.2) is 69.4 Å². The number of unbranched alkanes of at least 4 members (excludes halogenated alkanes) is 23. The second kappa shape index (κ2) is 58.6. The van der Waals surface area contributed by atoms with Crippen molar-refractivity contribution in [3.05, 3.63) is 122 Å². The molecule has 3 atom stereocenters. The fourth-order valence-corrected chi connectivity index (χ4v) is 9.39. The number of nitrogens with zero attached hydrogens (tertiary/aromatic N) is 1. The Bertz CT molecular complexity index is 1780. The van der Waals surface area contributed by atoms with Gasteiger partial charge in [0, 0.05) is 12.8 Å². The summed E-state index contributed by atoms with van der Waals surface area (Å²) in [7, 11) is 1.12. The molecule has 0 saturated carbocycles. The third-order valence-electron chi connectivity index (χ3n) is 13.6. The summed E-state index contributed by atoms with van der Waals surface area (Å²) < 4.78 is 30.3. The number of amides is 1. The molecule has 3 unspecified atom stereocenters. The van der Waals surface area contributed by atoms with Crippen LogP contribution in [0.2, 0.25) is 0 Å². The van der Waals surface area contributed by atoms with E-state index in [-0.39, 0.29) is 31.3 Å². The highest BCUT2D eigenvalue weighted by molar-refractivity contribution is 7.45. The Hall–Kier alpha value is -3.59. The van der Waals surface area contributed by atoms with E-state index in [9.17, 15) is 19.0 Å². The van der Waals surface area contributed by atoms with Crippen molar-refractivity contribution in [3.63, 3.8) is 0 Å². The molecule has 0 saturated heterocycles. The highest BCUT2D eigenvalue weighted by Gasteiger charge is 2.27. The molecule has 0 spiro atoms. The first-order valence-electron chi connectivity index (χ1n) is 32.3. The quantitative estimate of drug-likeness (QED) is 0.0212. The number of esters is 1. The number of rotatable bonds is 57. The van der Waals surface area contributed by atoms with Gasteiger partial charge in [0.2, 0.25) is 5.91 Å². The van der Waals surface area contributed by atoms with Crippen molar-refractivity contribution in [1.82, 2.24) is 5.32 Å². The molecule has 80 heavy (non-hydrogen) atoms. The van der Waals surface area contributed by atoms with Gasteiger partial charge >= 0.3 is 5.97 Å². The molecule has 0 aromatic heterocycles. The molecule has 0 aliphatic carbocycles. The average Bonchev–Trinajstić information content (AvgIpc) is 3.42. The van der Waals surface area contributed by atoms with Crippen LogP contribution in [0.5, 0.6) is 0 Å². The van der Waals surface area contributed by atoms with Gasteiger partial charge in [0.05, 0.1) is 33.8 Å². The Morgan fingerprint density at radius 3 is 1.25 bits per heavy atom. The van der Waals surface area contributed by atoms with Crippen LogP contribution < -0.4 is 10.2 Å². The predicted molar refractivity (Wildman–Crippen MR) is 343 cm³/mol. The molecule has 1 N–H and O–H groups in total. The van der Waals surface area contributed by atoms with Crippen molar-refractivity contribution >= 4 is 19.7 Å². The standard InChI is InChI=1S/C70H121N2O7P/c1-7-10-13-16-19-22-25-28-30-32-33-34-35-36-37-38-39-40-42-45-48-51-54-57-60-63-70(74)79-68(61-58-55-52-49-46-43-27-24-21-18-15-12-9-3)67(66-78-80(75,76)77-65-64-72(4,5)6)71-69(73)62-59-56-53-50-47-44-41-31-29-26-23-20-17-14-11-8-2/h11,14,19-20,22-23,28-31,33-34,36-37,44,47,53,56,58,61,67-68H,7-10,12-13,15-18,21,24-27,32,35,38-43,45-46,48-52,54-55,57,59-60,62-66H2,1-6H3,(H-,71,73,75,76)/b14-11+,22-19-,23-20+,30-28-,31-29+,34-33-,37-36-,47-44+,56-53+,61-58-. The van der Waals surface area contributed by atoms with Gasteiger partial charge in [-0.05, 0) is 109 Å². The fraction of sp³-hybridized carbons (Fsp3) is 0.686. The van der Waals surface area contributed by atoms with E-state index in [1.807, 2.05) is 45.4 Å². The number of carbonyl (C=O) groups is 2. The van der Waals surface area contributed by atoms with Gasteiger partial charge in [-0.15, -0.1) is 0 Å². The Morgan fingerprint density at radius 2 is 0.812 bits per heavy atom. The van der Waals surface area contributed by atoms with Gasteiger partial charge in [-0.25, -0.2) is 0 Å². The Labute approximate surface area is 493 Å². The van der Waals surface area contributed by atoms with E-state index < -0.39 is 26.6 Å². The minimum atomic E-state index is -4.73. The summed E-state index contributed by atoms with van der Waals surface area (Å²) in [5.41, 5.74) is 0. The Morgan fingerprint density at radius 1 is 0.450 bits per heavy atom. The minimum absolute atomic E-state index is 0.0425. The number of hydrogen-bond acceptors (Lipinski definition) is 7. The summed E-state index contributed by atoms with van der Waals surface area (Å²) in [6, 6.07) is -0.939. The van der Waals surface area contributed by atoms with Crippen molar-refractivity contribution in [3.8, 4) is 0 Å². The molecular weight excluding hydrogens is 1010 g/mol. The van der Waals surface area contributed by atoms with Crippen LogP contribution in [0, 0.1) is 0 Å². The molecule has 9 nitrogen and oxygen atoms in total. The molecule has 0 rings (SSSR count). The molecule has 458 valence electrons. The number of ether oxygens (including phenoxy) is 1. The van der Waals surface area contributed by atoms with Gasteiger partial charge in [0.15, 0.2) is 0 Å². The van der Waals surface area contributed by atoms with Gasteiger partial charge < -0.3 is 28.5 Å². The van der Waals surface area contributed by atoms with E-state index in [0.29, 0.717) is 23.9 Å². The summed E-state index contributed by atoms with van der Waals surface area (Å²) >= 11 is 0. The van der Waals surface area contributed by atoms with Gasteiger partial charge in [-0.1, -0.05) is 258 Å². The van der Waals surface area contributed by atoms with Crippen molar-refractivity contribution in [2.75, 3.05) is 40.9 Å². The lowest BCUT2D eigenvalue weighted by Gasteiger charge is -2.30. The lowest BCUT2D eigenvalue weighted by molar-refractivity contribution is -0.870. The van der Waals surface area contributed by atoms with Gasteiger partial charge in [-0.3, -0.25) is 14.2 Å². The third kappa shape index (κ3) is 59.0. The smallest absolute Gasteiger partial charge is 0.306 e. The highest BCUT2D eigenvalue weighted by Crippen LogP contribution is 2.38. The lowest BCUT2D eigenvalue weighted by Crippen LogP contribution is -2.47. The van der Waals surface area contributed by atoms with Gasteiger partial charge in [0.25, 0.3) is 7.82 Å². The number of allylic oxidation sites excluding steroid dienone is 19. The van der Waals surface area contributed by atoms with E-state index in [4.69, 9.17) is 13.8 Å². The number of nitrogens with one attached hydrogen (secondary N) is 1. The number of carbonyl (C=O) groups excluding carboxylic acids is 2. The zero-order valence-electron chi connectivity index (χ0n) is 52.2. The lowest BCUT2D eigenvalue weighted by atomic mass is 10.0. The maximum atomic E-state index is 13.5. The molecule has 0 bridgehead atoms. The van der Waals surface area contributed by atoms with Crippen LogP contribution in [0.1, 0.15) is 258 Å². The first-order valence-corrected chi connectivity index (χ1v) is 33.8. The molecule has 0 aliphatic heterocycles. The average molecular weight is 1130 g/mol. The van der Waals surface area contributed by atoms with Crippen LogP contribution in [0.4, 0.5) is 0 Å². The first kappa shape index (κ1) is 76.4. The number of phosphoric ester groups is 1. The number of hydrogen-bond donors (Lipinski definition) is 1. The molecule has 0 aliphatic rings. The van der Waals surface area contributed by atoms with Crippen LogP contribution in [0.3, 0.4) is 0 Å². The second-order valence-electron chi connectivity index (χ2n) is 22.5. The van der Waals surface area contributed by atoms with E-state index in [0.717, 1.165) is 96.3 Å². The maximum Gasteiger partial charge on any atom is 0.306 e. The predicted octanol–water partition coefficient (Wildman–Crippen LogP) is 19.6. The van der Waals surface area contributed by atoms with Gasteiger partial charge in [-0.2, -0.15) is 0 Å². The second-order valence-corrected chi connectivity index (χ2v) is 23.9. The summed E-state index contributed by atoms with van der Waals surface area (Å²) in [6.45, 7) is 6.63. The van der Waals surface area contributed by atoms with E-state index in [1.165, 1.54) is 116 Å². The largest absolute Gasteiger partial charge is 0.756 e. The molecular formula is C70H121N2O7P. The van der Waals surface area contributed by atoms with Crippen LogP contribution in [0.25, 0.3) is 0 Å². The summed E-state index contributed by atoms with van der Waals surface area (Å²) in [5, 5.41) is 2.98. The minimum Gasteiger partial charge on any atom is -0.756 e. The van der Waals surface area contributed by atoms with E-state index >= 15 is 0 Å². The summed E-state index contributed by atoms with van der Waals surface area (Å²) in [4.78, 5) is 40.0. The topological polar surface area (TPSA) is 114 Å². The van der Waals surface area contributed by atoms with Gasteiger partial charge in [0.1, 0.15) is 19.3 Å². The summed E-state index contributed by atoms with van der Waals surface area (Å²) in [5.74, 6) is -0.650. The zero-order valence-corrected chi connectivity index (χ0v) is 53.1. The van der Waals surface area contributed by atoms with E-state index in [1.54, 1.807) is 0 Å². The molecule has 0 heterocycles. The first-order chi connectivity index (χ1) is 38.9. The third-order valence-corrected chi connectivity index (χ3v) is 14.6. The Balaban J connectivity index is 5.29. The van der Waals surface area contributed by atoms with Crippen LogP contribution >= 0.6 is 7.82 Å². The summed E-state index contributed by atoms with van der Waals surface area (Å²) in [6.07, 6.45) is 81.9. The van der Waals surface area contributed by atoms with Crippen LogP contribution in [0.15, 0.2) is 122 Å². The SMILES string of the molecule is CC/C=C/C/C=C/C/C=C/C/C=C/C/C=C/CCC(=O)NC(COP(=O)([O-])OCC[N+](C)(C)C)C(/C=C\CCCCCCCCCCCCC)OC(=O)CCCCCCCCCCC/C=C\C/C=C\C/C=C\C/C=C\CCCCC. The molecule has 0 aromatic carbocycles. The zero-order chi connectivity index (χ0) is 58.6. The highest BCUT2D eigenvalue weighted by atomic mass is 31.2. The molecule has 0 radical (unpaired) electrons. The molecule has 10 heteroatoms. The number of phosphoric acid groups is 1. The number of likely N-dealkylation sites (N-methyl/N-ethyl adjacent to an activating group) is 1. The fourth-order valence-electron chi connectivity index (χ4n) is 8.67. The van der Waals surface area contributed by atoms with Crippen molar-refractivity contribution in [1.29, 1.82) is 0 Å². The normalized spacial score (nSPS) is 14.4. The van der Waals surface area contributed by atoms with Crippen molar-refractivity contribution < 1.29 is 37.3 Å². The molecule has 0 aromatic rings. The van der Waals surface area contributed by atoms with Crippen LogP contribution in [-0.2, 0) is 27.9 Å². The van der Waals surface area contributed by atoms with Crippen molar-refractivity contribution in [2.24, 2.45) is 0 Å². The van der Waals surface area contributed by atoms with Crippen molar-refractivity contribution in [2.45, 2.75) is 270 Å². The monoisotopic (exact) mass is 1130 g/mol. The number of quaternary nitrogens is 1.